The van der Waals surface area contributed by atoms with Crippen molar-refractivity contribution < 1.29 is 8.42 Å². The highest BCUT2D eigenvalue weighted by Gasteiger charge is 2.27. The minimum Gasteiger partial charge on any atom is -0.351 e. The van der Waals surface area contributed by atoms with Gasteiger partial charge in [-0.3, -0.25) is 0 Å². The molecule has 0 saturated carbocycles. The minimum absolute atomic E-state index is 0. The first-order chi connectivity index (χ1) is 13.5. The van der Waals surface area contributed by atoms with Crippen LogP contribution in [-0.4, -0.2) is 50.8 Å². The summed E-state index contributed by atoms with van der Waals surface area (Å²) in [6.07, 6.45) is 3.01. The zero-order valence-electron chi connectivity index (χ0n) is 16.9. The highest BCUT2D eigenvalue weighted by atomic mass is 127. The van der Waals surface area contributed by atoms with Gasteiger partial charge in [-0.05, 0) is 30.5 Å². The van der Waals surface area contributed by atoms with Gasteiger partial charge in [0.15, 0.2) is 5.96 Å². The van der Waals surface area contributed by atoms with E-state index in [1.165, 1.54) is 11.3 Å². The maximum Gasteiger partial charge on any atom is 0.252 e. The lowest BCUT2D eigenvalue weighted by molar-refractivity contribution is 0.347. The number of nitrogens with zero attached hydrogens (tertiary/aromatic N) is 3. The first-order valence-electron chi connectivity index (χ1n) is 9.55. The molecule has 1 N–H and O–H groups in total. The van der Waals surface area contributed by atoms with Crippen molar-refractivity contribution in [2.24, 2.45) is 4.99 Å². The molecule has 0 atom stereocenters. The second-order valence-electron chi connectivity index (χ2n) is 7.06. The van der Waals surface area contributed by atoms with E-state index in [9.17, 15) is 8.42 Å². The third-order valence-corrected chi connectivity index (χ3v) is 8.10. The molecule has 2 heterocycles. The minimum atomic E-state index is -3.36. The van der Waals surface area contributed by atoms with Gasteiger partial charge in [0, 0.05) is 32.1 Å². The van der Waals surface area contributed by atoms with Crippen molar-refractivity contribution in [1.29, 1.82) is 0 Å². The standard InChI is InChI=1S/C20H28N4O2S2.HI/c1-23(2)20(21-15-17-9-5-3-6-10-17)22-16-18-11-12-19(27-18)28(25,26)24-13-7-4-8-14-24;/h3,5-6,9-12H,4,7-8,13-16H2,1-2H3,(H,21,22);1H. The van der Waals surface area contributed by atoms with Gasteiger partial charge in [0.1, 0.15) is 4.21 Å². The van der Waals surface area contributed by atoms with Gasteiger partial charge in [-0.15, -0.1) is 35.3 Å². The molecule has 0 unspecified atom stereocenters. The molecule has 1 fully saturated rings. The summed E-state index contributed by atoms with van der Waals surface area (Å²) in [4.78, 5) is 7.56. The number of piperidine rings is 1. The molecular weight excluding hydrogens is 519 g/mol. The van der Waals surface area contributed by atoms with Gasteiger partial charge < -0.3 is 10.2 Å². The second-order valence-corrected chi connectivity index (χ2v) is 10.4. The summed E-state index contributed by atoms with van der Waals surface area (Å²) in [7, 11) is 0.525. The van der Waals surface area contributed by atoms with Crippen molar-refractivity contribution in [1.82, 2.24) is 14.5 Å². The molecule has 0 amide bonds. The number of benzene rings is 1. The molecule has 0 radical (unpaired) electrons. The van der Waals surface area contributed by atoms with E-state index in [1.54, 1.807) is 10.4 Å². The average Bonchev–Trinajstić information content (AvgIpc) is 3.19. The van der Waals surface area contributed by atoms with Crippen LogP contribution in [0.1, 0.15) is 29.7 Å². The van der Waals surface area contributed by atoms with Crippen LogP contribution in [0.4, 0.5) is 0 Å². The molecule has 1 saturated heterocycles. The number of guanidine groups is 1. The van der Waals surface area contributed by atoms with Crippen LogP contribution < -0.4 is 5.32 Å². The zero-order valence-corrected chi connectivity index (χ0v) is 20.8. The van der Waals surface area contributed by atoms with Crippen LogP contribution in [0.25, 0.3) is 0 Å². The van der Waals surface area contributed by atoms with Crippen molar-refractivity contribution in [3.63, 3.8) is 0 Å². The van der Waals surface area contributed by atoms with Crippen LogP contribution in [0.5, 0.6) is 0 Å². The summed E-state index contributed by atoms with van der Waals surface area (Å²) < 4.78 is 27.6. The van der Waals surface area contributed by atoms with Crippen LogP contribution in [0, 0.1) is 0 Å². The van der Waals surface area contributed by atoms with Crippen molar-refractivity contribution in [2.45, 2.75) is 36.6 Å². The summed E-state index contributed by atoms with van der Waals surface area (Å²) in [5.74, 6) is 0.776. The SMILES string of the molecule is CN(C)C(=NCc1ccccc1)NCc1ccc(S(=O)(=O)N2CCCCC2)s1.I. The molecule has 0 bridgehead atoms. The Balaban J connectivity index is 0.00000300. The van der Waals surface area contributed by atoms with Crippen LogP contribution in [0.3, 0.4) is 0 Å². The van der Waals surface area contributed by atoms with E-state index < -0.39 is 10.0 Å². The Labute approximate surface area is 195 Å². The van der Waals surface area contributed by atoms with E-state index in [4.69, 9.17) is 0 Å². The second kappa shape index (κ2) is 11.3. The molecule has 29 heavy (non-hydrogen) atoms. The number of hydrogen-bond acceptors (Lipinski definition) is 4. The fraction of sp³-hybridized carbons (Fsp3) is 0.450. The molecule has 0 aliphatic carbocycles. The highest BCUT2D eigenvalue weighted by molar-refractivity contribution is 14.0. The van der Waals surface area contributed by atoms with E-state index in [-0.39, 0.29) is 24.0 Å². The number of aliphatic imine (C=N–C) groups is 1. The van der Waals surface area contributed by atoms with E-state index in [1.807, 2.05) is 55.4 Å². The summed E-state index contributed by atoms with van der Waals surface area (Å²) in [5, 5.41) is 3.33. The lowest BCUT2D eigenvalue weighted by atomic mass is 10.2. The molecule has 1 aromatic carbocycles. The van der Waals surface area contributed by atoms with Crippen molar-refractivity contribution in [3.05, 3.63) is 52.9 Å². The maximum absolute atomic E-state index is 12.8. The largest absolute Gasteiger partial charge is 0.351 e. The van der Waals surface area contributed by atoms with Gasteiger partial charge in [-0.25, -0.2) is 13.4 Å². The molecule has 3 rings (SSSR count). The Kier molecular flexibility index (Phi) is 9.38. The average molecular weight is 549 g/mol. The number of sulfonamides is 1. The van der Waals surface area contributed by atoms with Gasteiger partial charge in [-0.1, -0.05) is 36.8 Å². The Morgan fingerprint density at radius 3 is 2.45 bits per heavy atom. The molecular formula is C20H29IN4O2S2. The smallest absolute Gasteiger partial charge is 0.252 e. The summed E-state index contributed by atoms with van der Waals surface area (Å²) in [6, 6.07) is 13.7. The predicted octanol–water partition coefficient (Wildman–Crippen LogP) is 3.75. The first kappa shape index (κ1) is 24.1. The molecule has 9 heteroatoms. The summed E-state index contributed by atoms with van der Waals surface area (Å²) in [5.41, 5.74) is 1.15. The van der Waals surface area contributed by atoms with E-state index >= 15 is 0 Å². The fourth-order valence-electron chi connectivity index (χ4n) is 3.10. The Morgan fingerprint density at radius 2 is 1.79 bits per heavy atom. The van der Waals surface area contributed by atoms with E-state index in [0.29, 0.717) is 30.4 Å². The number of thiophene rings is 1. The quantitative estimate of drug-likeness (QED) is 0.340. The topological polar surface area (TPSA) is 65.0 Å². The monoisotopic (exact) mass is 548 g/mol. The maximum atomic E-state index is 12.8. The highest BCUT2D eigenvalue weighted by Crippen LogP contribution is 2.27. The van der Waals surface area contributed by atoms with Crippen LogP contribution >= 0.6 is 35.3 Å². The van der Waals surface area contributed by atoms with Crippen LogP contribution in [0.2, 0.25) is 0 Å². The molecule has 1 aromatic heterocycles. The molecule has 2 aromatic rings. The van der Waals surface area contributed by atoms with Crippen molar-refractivity contribution in [3.8, 4) is 0 Å². The normalized spacial score (nSPS) is 15.6. The summed E-state index contributed by atoms with van der Waals surface area (Å²) in [6.45, 7) is 2.40. The Hall–Kier alpha value is -1.17. The lowest BCUT2D eigenvalue weighted by Crippen LogP contribution is -2.36. The number of rotatable bonds is 6. The Morgan fingerprint density at radius 1 is 1.10 bits per heavy atom. The molecule has 1 aliphatic heterocycles. The first-order valence-corrected chi connectivity index (χ1v) is 11.8. The molecule has 1 aliphatic rings. The fourth-order valence-corrected chi connectivity index (χ4v) is 6.06. The third kappa shape index (κ3) is 6.66. The predicted molar refractivity (Wildman–Crippen MR) is 130 cm³/mol. The van der Waals surface area contributed by atoms with E-state index in [0.717, 1.165) is 35.7 Å². The number of halogens is 1. The zero-order chi connectivity index (χ0) is 20.0. The third-order valence-electron chi connectivity index (χ3n) is 4.64. The number of nitrogens with one attached hydrogen (secondary N) is 1. The Bertz CT molecular complexity index is 892. The van der Waals surface area contributed by atoms with Crippen LogP contribution in [-0.2, 0) is 23.1 Å². The molecule has 160 valence electrons. The van der Waals surface area contributed by atoms with Crippen LogP contribution in [0.15, 0.2) is 51.7 Å². The van der Waals surface area contributed by atoms with Crippen molar-refractivity contribution in [2.75, 3.05) is 27.2 Å². The van der Waals surface area contributed by atoms with Crippen molar-refractivity contribution >= 4 is 51.3 Å². The van der Waals surface area contributed by atoms with Gasteiger partial charge in [-0.2, -0.15) is 4.31 Å². The molecule has 0 spiro atoms. The van der Waals surface area contributed by atoms with Gasteiger partial charge in [0.25, 0.3) is 10.0 Å². The van der Waals surface area contributed by atoms with Gasteiger partial charge in [0.2, 0.25) is 0 Å². The summed E-state index contributed by atoms with van der Waals surface area (Å²) >= 11 is 1.34. The molecule has 6 nitrogen and oxygen atoms in total. The van der Waals surface area contributed by atoms with Gasteiger partial charge in [0.05, 0.1) is 13.1 Å². The lowest BCUT2D eigenvalue weighted by Gasteiger charge is -2.25. The van der Waals surface area contributed by atoms with E-state index in [2.05, 4.69) is 10.3 Å². The number of hydrogen-bond donors (Lipinski definition) is 1. The van der Waals surface area contributed by atoms with Gasteiger partial charge >= 0.3 is 0 Å².